The summed E-state index contributed by atoms with van der Waals surface area (Å²) in [6.45, 7) is 1.07. The Labute approximate surface area is 148 Å². The first-order valence-corrected chi connectivity index (χ1v) is 8.58. The molecule has 3 rings (SSSR count). The van der Waals surface area contributed by atoms with Gasteiger partial charge in [0.2, 0.25) is 0 Å². The van der Waals surface area contributed by atoms with E-state index in [1.54, 1.807) is 4.90 Å². The molecular formula is C15H14F3N3O4S. The van der Waals surface area contributed by atoms with E-state index in [1.165, 1.54) is 0 Å². The zero-order valence-electron chi connectivity index (χ0n) is 13.3. The van der Waals surface area contributed by atoms with Gasteiger partial charge in [-0.15, -0.1) is 0 Å². The van der Waals surface area contributed by atoms with E-state index in [0.29, 0.717) is 38.1 Å². The zero-order chi connectivity index (χ0) is 19.1. The van der Waals surface area contributed by atoms with Crippen molar-refractivity contribution in [3.05, 3.63) is 38.2 Å². The fourth-order valence-corrected chi connectivity index (χ4v) is 4.00. The Balaban J connectivity index is 2.12. The maximum Gasteiger partial charge on any atom is 0.416 e. The third-order valence-corrected chi connectivity index (χ3v) is 5.52. The maximum atomic E-state index is 13.0. The van der Waals surface area contributed by atoms with Crippen molar-refractivity contribution >= 4 is 32.2 Å². The van der Waals surface area contributed by atoms with Gasteiger partial charge in [0.15, 0.2) is 5.13 Å². The molecule has 140 valence electrons. The summed E-state index contributed by atoms with van der Waals surface area (Å²) in [6, 6.07) is 1.05. The number of alkyl halides is 3. The Bertz CT molecular complexity index is 907. The highest BCUT2D eigenvalue weighted by atomic mass is 32.1. The van der Waals surface area contributed by atoms with Gasteiger partial charge in [-0.3, -0.25) is 14.9 Å². The van der Waals surface area contributed by atoms with Crippen LogP contribution in [0.3, 0.4) is 0 Å². The molecule has 11 heteroatoms. The van der Waals surface area contributed by atoms with Gasteiger partial charge in [-0.25, -0.2) is 0 Å². The molecule has 0 radical (unpaired) electrons. The Morgan fingerprint density at radius 2 is 2.00 bits per heavy atom. The van der Waals surface area contributed by atoms with Crippen LogP contribution in [0.2, 0.25) is 0 Å². The van der Waals surface area contributed by atoms with E-state index in [9.17, 15) is 33.2 Å². The number of fused-ring (bicyclic) bond motifs is 1. The molecule has 26 heavy (non-hydrogen) atoms. The minimum atomic E-state index is -4.80. The summed E-state index contributed by atoms with van der Waals surface area (Å²) in [5.41, 5.74) is -2.93. The first-order chi connectivity index (χ1) is 12.2. The number of nitro benzene ring substituents is 1. The van der Waals surface area contributed by atoms with Gasteiger partial charge in [-0.05, 0) is 24.8 Å². The first-order valence-electron chi connectivity index (χ1n) is 7.77. The summed E-state index contributed by atoms with van der Waals surface area (Å²) in [5, 5.41) is 20.3. The molecule has 0 bridgehead atoms. The molecule has 7 nitrogen and oxygen atoms in total. The molecule has 1 N–H and O–H groups in total. The number of aliphatic hydroxyl groups is 1. The van der Waals surface area contributed by atoms with E-state index in [0.717, 1.165) is 11.3 Å². The highest BCUT2D eigenvalue weighted by molar-refractivity contribution is 7.22. The fourth-order valence-electron chi connectivity index (χ4n) is 2.88. The molecule has 0 unspecified atom stereocenters. The SMILES string of the molecule is O=c1nc(N2CCC(CO)CC2)sc2c([N+](=O)[O-])cc(C(F)(F)F)cc12. The second-order valence-electron chi connectivity index (χ2n) is 6.04. The lowest BCUT2D eigenvalue weighted by atomic mass is 9.98. The molecule has 1 saturated heterocycles. The van der Waals surface area contributed by atoms with E-state index >= 15 is 0 Å². The van der Waals surface area contributed by atoms with Crippen molar-refractivity contribution in [1.82, 2.24) is 4.98 Å². The molecule has 1 aromatic carbocycles. The number of hydrogen-bond acceptors (Lipinski definition) is 7. The molecule has 1 aromatic heterocycles. The van der Waals surface area contributed by atoms with Crippen LogP contribution in [0.4, 0.5) is 24.0 Å². The highest BCUT2D eigenvalue weighted by Gasteiger charge is 2.34. The number of nitrogens with zero attached hydrogens (tertiary/aromatic N) is 3. The predicted molar refractivity (Wildman–Crippen MR) is 89.6 cm³/mol. The zero-order valence-corrected chi connectivity index (χ0v) is 14.1. The molecule has 2 heterocycles. The number of non-ortho nitro benzene ring substituents is 1. The van der Waals surface area contributed by atoms with E-state index in [4.69, 9.17) is 0 Å². The Morgan fingerprint density at radius 3 is 2.54 bits per heavy atom. The van der Waals surface area contributed by atoms with Crippen molar-refractivity contribution < 1.29 is 23.2 Å². The fraction of sp³-hybridized carbons (Fsp3) is 0.467. The Kier molecular flexibility index (Phi) is 4.84. The number of aliphatic hydroxyl groups excluding tert-OH is 1. The van der Waals surface area contributed by atoms with Crippen LogP contribution in [0.5, 0.6) is 0 Å². The van der Waals surface area contributed by atoms with Gasteiger partial charge in [0.05, 0.1) is 15.9 Å². The Morgan fingerprint density at radius 1 is 1.35 bits per heavy atom. The van der Waals surface area contributed by atoms with Crippen molar-refractivity contribution in [3.8, 4) is 0 Å². The van der Waals surface area contributed by atoms with Crippen molar-refractivity contribution in [2.24, 2.45) is 5.92 Å². The molecule has 1 aliphatic rings. The van der Waals surface area contributed by atoms with Crippen LogP contribution in [0.15, 0.2) is 16.9 Å². The van der Waals surface area contributed by atoms with Crippen molar-refractivity contribution in [1.29, 1.82) is 0 Å². The number of piperidine rings is 1. The molecular weight excluding hydrogens is 375 g/mol. The van der Waals surface area contributed by atoms with Crippen LogP contribution in [0.1, 0.15) is 18.4 Å². The number of halogens is 3. The van der Waals surface area contributed by atoms with Crippen molar-refractivity contribution in [2.45, 2.75) is 19.0 Å². The number of rotatable bonds is 3. The van der Waals surface area contributed by atoms with Gasteiger partial charge < -0.3 is 10.0 Å². The van der Waals surface area contributed by atoms with E-state index in [1.807, 2.05) is 0 Å². The summed E-state index contributed by atoms with van der Waals surface area (Å²) in [5.74, 6) is 0.145. The lowest BCUT2D eigenvalue weighted by molar-refractivity contribution is -0.383. The number of aromatic nitrogens is 1. The van der Waals surface area contributed by atoms with Crippen LogP contribution in [0, 0.1) is 16.0 Å². The number of hydrogen-bond donors (Lipinski definition) is 1. The topological polar surface area (TPSA) is 96.6 Å². The molecule has 0 atom stereocenters. The van der Waals surface area contributed by atoms with Gasteiger partial charge in [-0.1, -0.05) is 11.3 Å². The molecule has 0 saturated carbocycles. The third-order valence-electron chi connectivity index (χ3n) is 4.36. The predicted octanol–water partition coefficient (Wildman–Crippen LogP) is 2.79. The molecule has 1 aliphatic heterocycles. The van der Waals surface area contributed by atoms with Crippen LogP contribution < -0.4 is 10.5 Å². The van der Waals surface area contributed by atoms with E-state index in [-0.39, 0.29) is 22.4 Å². The summed E-state index contributed by atoms with van der Waals surface area (Å²) in [7, 11) is 0. The first kappa shape index (κ1) is 18.5. The largest absolute Gasteiger partial charge is 0.416 e. The summed E-state index contributed by atoms with van der Waals surface area (Å²) in [4.78, 5) is 28.2. The second kappa shape index (κ2) is 6.80. The van der Waals surface area contributed by atoms with Gasteiger partial charge in [0.25, 0.3) is 11.2 Å². The molecule has 1 fully saturated rings. The van der Waals surface area contributed by atoms with Crippen molar-refractivity contribution in [3.63, 3.8) is 0 Å². The molecule has 2 aromatic rings. The van der Waals surface area contributed by atoms with Crippen LogP contribution in [0.25, 0.3) is 10.1 Å². The Hall–Kier alpha value is -2.27. The lowest BCUT2D eigenvalue weighted by Gasteiger charge is -2.31. The minimum Gasteiger partial charge on any atom is -0.396 e. The van der Waals surface area contributed by atoms with Gasteiger partial charge in [0, 0.05) is 25.8 Å². The summed E-state index contributed by atoms with van der Waals surface area (Å²) >= 11 is 0.834. The number of benzene rings is 1. The van der Waals surface area contributed by atoms with Crippen LogP contribution >= 0.6 is 11.3 Å². The summed E-state index contributed by atoms with van der Waals surface area (Å²) in [6.07, 6.45) is -3.46. The quantitative estimate of drug-likeness (QED) is 0.641. The van der Waals surface area contributed by atoms with E-state index in [2.05, 4.69) is 4.98 Å². The third kappa shape index (κ3) is 3.49. The van der Waals surface area contributed by atoms with Crippen molar-refractivity contribution in [2.75, 3.05) is 24.6 Å². The lowest BCUT2D eigenvalue weighted by Crippen LogP contribution is -2.35. The number of nitro groups is 1. The second-order valence-corrected chi connectivity index (χ2v) is 7.02. The standard InChI is InChI=1S/C15H14F3N3O4S/c16-15(17,18)9-5-10-12(11(6-9)21(24)25)26-14(19-13(10)23)20-3-1-8(7-22)2-4-20/h5-6,8,22H,1-4,7H2. The van der Waals surface area contributed by atoms with Crippen LogP contribution in [-0.4, -0.2) is 34.7 Å². The normalized spacial score (nSPS) is 16.2. The monoisotopic (exact) mass is 389 g/mol. The maximum absolute atomic E-state index is 13.0. The summed E-state index contributed by atoms with van der Waals surface area (Å²) < 4.78 is 38.8. The molecule has 0 aliphatic carbocycles. The number of anilines is 1. The van der Waals surface area contributed by atoms with Crippen LogP contribution in [-0.2, 0) is 6.18 Å². The molecule has 0 amide bonds. The average Bonchev–Trinajstić information content (AvgIpc) is 2.60. The van der Waals surface area contributed by atoms with Gasteiger partial charge in [0.1, 0.15) is 4.70 Å². The van der Waals surface area contributed by atoms with Gasteiger partial charge >= 0.3 is 6.18 Å². The minimum absolute atomic E-state index is 0.0565. The van der Waals surface area contributed by atoms with E-state index < -0.39 is 33.3 Å². The average molecular weight is 389 g/mol. The van der Waals surface area contributed by atoms with Gasteiger partial charge in [-0.2, -0.15) is 18.2 Å². The molecule has 0 spiro atoms. The highest BCUT2D eigenvalue weighted by Crippen LogP contribution is 2.38. The smallest absolute Gasteiger partial charge is 0.396 e.